The van der Waals surface area contributed by atoms with Crippen LogP contribution in [0.2, 0.25) is 0 Å². The van der Waals surface area contributed by atoms with Gasteiger partial charge in [0.2, 0.25) is 11.8 Å². The Bertz CT molecular complexity index is 1960. The van der Waals surface area contributed by atoms with Crippen molar-refractivity contribution in [3.05, 3.63) is 84.6 Å². The van der Waals surface area contributed by atoms with Crippen LogP contribution < -0.4 is 9.64 Å². The molecule has 1 aliphatic heterocycles. The van der Waals surface area contributed by atoms with Crippen LogP contribution in [0.5, 0.6) is 5.75 Å². The third-order valence-electron chi connectivity index (χ3n) is 7.16. The molecule has 1 aromatic carbocycles. The SMILES string of the molecule is COc1ccc(Cn2cnc3c(-n4ccc5c(N6C(=O)CCC6=O)nccc54)nc(-c4cccc(C)n4)nc32)cc1. The van der Waals surface area contributed by atoms with Gasteiger partial charge in [-0.05, 0) is 48.9 Å². The first-order chi connectivity index (χ1) is 20.0. The minimum Gasteiger partial charge on any atom is -0.497 e. The molecule has 0 unspecified atom stereocenters. The Balaban J connectivity index is 1.41. The number of aromatic nitrogens is 7. The summed E-state index contributed by atoms with van der Waals surface area (Å²) in [4.78, 5) is 49.8. The predicted octanol–water partition coefficient (Wildman–Crippen LogP) is 4.25. The molecule has 6 aromatic rings. The number of carbonyl (C=O) groups is 2. The van der Waals surface area contributed by atoms with Gasteiger partial charge in [0.05, 0.1) is 25.5 Å². The number of nitrogens with zero attached hydrogens (tertiary/aromatic N) is 8. The molecule has 1 saturated heterocycles. The van der Waals surface area contributed by atoms with Crippen LogP contribution in [0, 0.1) is 6.92 Å². The lowest BCUT2D eigenvalue weighted by Gasteiger charge is -2.14. The monoisotopic (exact) mass is 544 g/mol. The minimum atomic E-state index is -0.253. The zero-order chi connectivity index (χ0) is 28.1. The number of amides is 2. The van der Waals surface area contributed by atoms with E-state index in [0.717, 1.165) is 22.5 Å². The lowest BCUT2D eigenvalue weighted by molar-refractivity contribution is -0.121. The first-order valence-corrected chi connectivity index (χ1v) is 13.1. The van der Waals surface area contributed by atoms with Gasteiger partial charge in [-0.3, -0.25) is 14.2 Å². The van der Waals surface area contributed by atoms with Crippen LogP contribution in [-0.2, 0) is 16.1 Å². The van der Waals surface area contributed by atoms with Gasteiger partial charge in [0.15, 0.2) is 28.6 Å². The zero-order valence-corrected chi connectivity index (χ0v) is 22.4. The van der Waals surface area contributed by atoms with Crippen LogP contribution in [0.15, 0.2) is 73.3 Å². The van der Waals surface area contributed by atoms with E-state index >= 15 is 0 Å². The van der Waals surface area contributed by atoms with Crippen molar-refractivity contribution in [3.8, 4) is 23.1 Å². The molecule has 1 fully saturated rings. The predicted molar refractivity (Wildman–Crippen MR) is 152 cm³/mol. The highest BCUT2D eigenvalue weighted by Crippen LogP contribution is 2.32. The highest BCUT2D eigenvalue weighted by Gasteiger charge is 2.33. The third-order valence-corrected chi connectivity index (χ3v) is 7.16. The number of pyridine rings is 2. The number of fused-ring (bicyclic) bond motifs is 2. The van der Waals surface area contributed by atoms with Gasteiger partial charge in [-0.2, -0.15) is 0 Å². The van der Waals surface area contributed by atoms with Gasteiger partial charge in [-0.25, -0.2) is 29.8 Å². The summed E-state index contributed by atoms with van der Waals surface area (Å²) in [6.45, 7) is 2.46. The summed E-state index contributed by atoms with van der Waals surface area (Å²) in [5, 5.41) is 0.663. The number of aryl methyl sites for hydroxylation is 1. The van der Waals surface area contributed by atoms with Crippen molar-refractivity contribution >= 4 is 39.7 Å². The molecule has 0 bridgehead atoms. The second kappa shape index (κ2) is 9.63. The van der Waals surface area contributed by atoms with Crippen molar-refractivity contribution in [2.45, 2.75) is 26.3 Å². The summed E-state index contributed by atoms with van der Waals surface area (Å²) in [5.41, 5.74) is 4.51. The largest absolute Gasteiger partial charge is 0.497 e. The van der Waals surface area contributed by atoms with Gasteiger partial charge < -0.3 is 9.30 Å². The Morgan fingerprint density at radius 1 is 0.878 bits per heavy atom. The Hall–Kier alpha value is -5.45. The molecule has 202 valence electrons. The van der Waals surface area contributed by atoms with E-state index in [9.17, 15) is 9.59 Å². The second-order valence-electron chi connectivity index (χ2n) is 9.80. The van der Waals surface area contributed by atoms with Crippen molar-refractivity contribution in [2.75, 3.05) is 12.0 Å². The number of imidazole rings is 1. The average Bonchev–Trinajstić information content (AvgIpc) is 3.70. The molecule has 2 amide bonds. The summed E-state index contributed by atoms with van der Waals surface area (Å²) in [5.74, 6) is 1.60. The maximum atomic E-state index is 12.5. The van der Waals surface area contributed by atoms with Crippen molar-refractivity contribution in [1.29, 1.82) is 0 Å². The topological polar surface area (TPSA) is 121 Å². The molecule has 0 saturated carbocycles. The van der Waals surface area contributed by atoms with Crippen molar-refractivity contribution in [1.82, 2.24) is 34.1 Å². The van der Waals surface area contributed by atoms with Crippen molar-refractivity contribution < 1.29 is 14.3 Å². The minimum absolute atomic E-state index is 0.183. The molecule has 0 radical (unpaired) electrons. The number of hydrogen-bond donors (Lipinski definition) is 0. The number of rotatable bonds is 6. The third kappa shape index (κ3) is 4.18. The Labute approximate surface area is 234 Å². The van der Waals surface area contributed by atoms with Gasteiger partial charge in [-0.15, -0.1) is 0 Å². The normalized spacial score (nSPS) is 13.6. The molecule has 0 atom stereocenters. The molecule has 5 aromatic heterocycles. The molecule has 0 spiro atoms. The van der Waals surface area contributed by atoms with Gasteiger partial charge >= 0.3 is 0 Å². The van der Waals surface area contributed by atoms with Gasteiger partial charge in [0.1, 0.15) is 11.4 Å². The van der Waals surface area contributed by atoms with E-state index < -0.39 is 0 Å². The average molecular weight is 545 g/mol. The Morgan fingerprint density at radius 2 is 1.68 bits per heavy atom. The van der Waals surface area contributed by atoms with E-state index in [0.29, 0.717) is 46.2 Å². The summed E-state index contributed by atoms with van der Waals surface area (Å²) < 4.78 is 9.16. The number of anilines is 1. The van der Waals surface area contributed by atoms with Crippen molar-refractivity contribution in [2.24, 2.45) is 0 Å². The van der Waals surface area contributed by atoms with Crippen LogP contribution in [0.4, 0.5) is 5.82 Å². The highest BCUT2D eigenvalue weighted by molar-refractivity contribution is 6.22. The fraction of sp³-hybridized carbons (Fsp3) is 0.167. The number of carbonyl (C=O) groups excluding carboxylic acids is 2. The van der Waals surface area contributed by atoms with E-state index in [4.69, 9.17) is 19.7 Å². The van der Waals surface area contributed by atoms with Crippen LogP contribution in [0.25, 0.3) is 39.4 Å². The van der Waals surface area contributed by atoms with E-state index in [1.165, 1.54) is 4.90 Å². The van der Waals surface area contributed by atoms with Gasteiger partial charge in [-0.1, -0.05) is 18.2 Å². The Morgan fingerprint density at radius 3 is 2.44 bits per heavy atom. The van der Waals surface area contributed by atoms with E-state index in [-0.39, 0.29) is 24.7 Å². The maximum absolute atomic E-state index is 12.5. The molecule has 11 heteroatoms. The fourth-order valence-corrected chi connectivity index (χ4v) is 5.15. The molecule has 1 aliphatic rings. The van der Waals surface area contributed by atoms with Crippen LogP contribution in [-0.4, -0.2) is 53.0 Å². The lowest BCUT2D eigenvalue weighted by atomic mass is 10.2. The molecule has 6 heterocycles. The number of imide groups is 1. The van der Waals surface area contributed by atoms with Crippen LogP contribution in [0.3, 0.4) is 0 Å². The van der Waals surface area contributed by atoms with E-state index in [1.54, 1.807) is 19.6 Å². The van der Waals surface area contributed by atoms with E-state index in [1.807, 2.05) is 76.9 Å². The fourth-order valence-electron chi connectivity index (χ4n) is 5.15. The molecule has 11 nitrogen and oxygen atoms in total. The molecule has 7 rings (SSSR count). The maximum Gasteiger partial charge on any atom is 0.235 e. The zero-order valence-electron chi connectivity index (χ0n) is 22.4. The van der Waals surface area contributed by atoms with Crippen LogP contribution >= 0.6 is 0 Å². The van der Waals surface area contributed by atoms with E-state index in [2.05, 4.69) is 9.97 Å². The smallest absolute Gasteiger partial charge is 0.235 e. The number of methoxy groups -OCH3 is 1. The molecular formula is C30H24N8O3. The first kappa shape index (κ1) is 24.6. The Kier molecular flexibility index (Phi) is 5.77. The molecule has 0 aliphatic carbocycles. The quantitative estimate of drug-likeness (QED) is 0.286. The molecule has 41 heavy (non-hydrogen) atoms. The number of hydrogen-bond acceptors (Lipinski definition) is 8. The molecular weight excluding hydrogens is 520 g/mol. The summed E-state index contributed by atoms with van der Waals surface area (Å²) in [7, 11) is 1.64. The lowest BCUT2D eigenvalue weighted by Crippen LogP contribution is -2.29. The number of benzene rings is 1. The summed E-state index contributed by atoms with van der Waals surface area (Å²) in [6, 6.07) is 17.2. The van der Waals surface area contributed by atoms with Crippen molar-refractivity contribution in [3.63, 3.8) is 0 Å². The molecule has 0 N–H and O–H groups in total. The number of ether oxygens (including phenoxy) is 1. The van der Waals surface area contributed by atoms with Gasteiger partial charge in [0, 0.05) is 36.3 Å². The second-order valence-corrected chi connectivity index (χ2v) is 9.80. The standard InChI is InChI=1S/C30H24N8O3/c1-18-4-3-5-22(33-18)27-34-29-26(32-17-36(29)16-19-6-8-20(41-2)9-7-19)30(35-27)37-15-13-21-23(37)12-14-31-28(21)38-24(39)10-11-25(38)40/h3-9,12-15,17H,10-11,16H2,1-2H3. The van der Waals surface area contributed by atoms with Gasteiger partial charge in [0.25, 0.3) is 0 Å². The summed E-state index contributed by atoms with van der Waals surface area (Å²) in [6.07, 6.45) is 5.56. The van der Waals surface area contributed by atoms with Crippen LogP contribution in [0.1, 0.15) is 24.1 Å². The highest BCUT2D eigenvalue weighted by atomic mass is 16.5. The first-order valence-electron chi connectivity index (χ1n) is 13.1. The summed E-state index contributed by atoms with van der Waals surface area (Å²) >= 11 is 0.